The summed E-state index contributed by atoms with van der Waals surface area (Å²) in [6, 6.07) is 1.37. The molecule has 0 bridgehead atoms. The summed E-state index contributed by atoms with van der Waals surface area (Å²) >= 11 is 5.23. The Kier molecular flexibility index (Phi) is 4.49. The molecule has 1 rings (SSSR count). The summed E-state index contributed by atoms with van der Waals surface area (Å²) in [5.41, 5.74) is 0.536. The predicted octanol–water partition coefficient (Wildman–Crippen LogP) is 3.53. The number of ether oxygens (including phenoxy) is 1. The molecule has 0 saturated heterocycles. The fraction of sp³-hybridized carbons (Fsp3) is 0.375. The Morgan fingerprint density at radius 3 is 2.71 bits per heavy atom. The van der Waals surface area contributed by atoms with Gasteiger partial charge in [-0.05, 0) is 28.7 Å². The van der Waals surface area contributed by atoms with E-state index in [1.807, 2.05) is 22.6 Å². The Balaban J connectivity index is 3.24. The normalized spacial score (nSPS) is 10.7. The molecular weight excluding hydrogens is 371 g/mol. The van der Waals surface area contributed by atoms with Crippen LogP contribution < -0.4 is 4.74 Å². The molecule has 0 atom stereocenters. The topological polar surface area (TPSA) is 22.1 Å². The van der Waals surface area contributed by atoms with Crippen molar-refractivity contribution in [2.45, 2.75) is 11.8 Å². The first-order chi connectivity index (χ1) is 6.60. The smallest absolute Gasteiger partial charge is 0.280 e. The highest BCUT2D eigenvalue weighted by Gasteiger charge is 2.15. The van der Waals surface area contributed by atoms with Crippen LogP contribution in [0.5, 0.6) is 5.88 Å². The summed E-state index contributed by atoms with van der Waals surface area (Å²) in [6.45, 7) is 0. The monoisotopic (exact) mass is 377 g/mol. The summed E-state index contributed by atoms with van der Waals surface area (Å²) in [5.74, 6) is 0.254. The Morgan fingerprint density at radius 2 is 2.29 bits per heavy atom. The summed E-state index contributed by atoms with van der Waals surface area (Å²) in [5, 5.41) is 0.533. The van der Waals surface area contributed by atoms with Crippen LogP contribution in [0.2, 0.25) is 0 Å². The second kappa shape index (κ2) is 5.20. The number of nitrogens with zero attached hydrogens (tertiary/aromatic N) is 1. The van der Waals surface area contributed by atoms with Crippen LogP contribution in [0.3, 0.4) is 0 Å². The lowest BCUT2D eigenvalue weighted by Gasteiger charge is -2.09. The number of hydrogen-bond acceptors (Lipinski definition) is 2. The molecule has 0 N–H and O–H groups in total. The third kappa shape index (κ3) is 2.53. The van der Waals surface area contributed by atoms with Crippen molar-refractivity contribution in [2.24, 2.45) is 0 Å². The van der Waals surface area contributed by atoms with E-state index < -0.39 is 6.43 Å². The van der Waals surface area contributed by atoms with Crippen LogP contribution >= 0.6 is 38.5 Å². The molecule has 0 spiro atoms. The van der Waals surface area contributed by atoms with Crippen LogP contribution in [0.15, 0.2) is 6.07 Å². The fourth-order valence-corrected chi connectivity index (χ4v) is 2.74. The van der Waals surface area contributed by atoms with E-state index in [0.29, 0.717) is 5.33 Å². The number of aromatic nitrogens is 1. The number of alkyl halides is 3. The van der Waals surface area contributed by atoms with Gasteiger partial charge in [-0.15, -0.1) is 0 Å². The van der Waals surface area contributed by atoms with Crippen LogP contribution in [0.4, 0.5) is 8.78 Å². The molecule has 0 radical (unpaired) electrons. The molecule has 0 aliphatic carbocycles. The van der Waals surface area contributed by atoms with Crippen molar-refractivity contribution in [3.63, 3.8) is 0 Å². The minimum Gasteiger partial charge on any atom is -0.481 e. The molecule has 0 unspecified atom stereocenters. The third-order valence-electron chi connectivity index (χ3n) is 1.60. The zero-order chi connectivity index (χ0) is 10.7. The van der Waals surface area contributed by atoms with Gasteiger partial charge in [0, 0.05) is 14.5 Å². The van der Waals surface area contributed by atoms with Gasteiger partial charge in [-0.3, -0.25) is 0 Å². The lowest BCUT2D eigenvalue weighted by molar-refractivity contribution is 0.145. The molecule has 0 aliphatic heterocycles. The number of pyridine rings is 1. The van der Waals surface area contributed by atoms with Crippen LogP contribution in [-0.4, -0.2) is 12.1 Å². The van der Waals surface area contributed by atoms with Crippen molar-refractivity contribution in [3.05, 3.63) is 20.9 Å². The van der Waals surface area contributed by atoms with Crippen molar-refractivity contribution in [1.29, 1.82) is 0 Å². The van der Waals surface area contributed by atoms with Gasteiger partial charge in [0.1, 0.15) is 5.69 Å². The molecule has 1 heterocycles. The maximum atomic E-state index is 12.4. The van der Waals surface area contributed by atoms with Crippen LogP contribution in [0.1, 0.15) is 17.7 Å². The molecule has 0 amide bonds. The van der Waals surface area contributed by atoms with Crippen molar-refractivity contribution in [2.75, 3.05) is 7.11 Å². The van der Waals surface area contributed by atoms with Gasteiger partial charge in [-0.2, -0.15) is 0 Å². The maximum absolute atomic E-state index is 12.4. The minimum absolute atomic E-state index is 0.254. The summed E-state index contributed by atoms with van der Waals surface area (Å²) in [7, 11) is 1.42. The fourth-order valence-electron chi connectivity index (χ4n) is 0.938. The second-order valence-corrected chi connectivity index (χ2v) is 4.17. The Hall–Kier alpha value is 0.0200. The number of rotatable bonds is 3. The molecule has 6 heteroatoms. The standard InChI is InChI=1S/C8H7BrF2INO/c1-14-8-4(3-9)5(12)2-6(13-8)7(10)11/h2,7H,3H2,1H3. The molecule has 14 heavy (non-hydrogen) atoms. The third-order valence-corrected chi connectivity index (χ3v) is 3.13. The molecule has 1 aromatic heterocycles. The first-order valence-electron chi connectivity index (χ1n) is 3.67. The van der Waals surface area contributed by atoms with Gasteiger partial charge in [0.05, 0.1) is 7.11 Å². The quantitative estimate of drug-likeness (QED) is 0.594. The van der Waals surface area contributed by atoms with Crippen molar-refractivity contribution in [3.8, 4) is 5.88 Å². The summed E-state index contributed by atoms with van der Waals surface area (Å²) in [6.07, 6.45) is -2.57. The van der Waals surface area contributed by atoms with Gasteiger partial charge < -0.3 is 4.74 Å². The first kappa shape index (κ1) is 12.1. The molecule has 0 fully saturated rings. The molecular formula is C8H7BrF2INO. The van der Waals surface area contributed by atoms with E-state index in [9.17, 15) is 8.78 Å². The predicted molar refractivity (Wildman–Crippen MR) is 61.1 cm³/mol. The minimum atomic E-state index is -2.57. The van der Waals surface area contributed by atoms with Gasteiger partial charge in [-0.25, -0.2) is 13.8 Å². The number of methoxy groups -OCH3 is 1. The zero-order valence-electron chi connectivity index (χ0n) is 7.23. The maximum Gasteiger partial charge on any atom is 0.280 e. The second-order valence-electron chi connectivity index (χ2n) is 2.45. The number of hydrogen-bond donors (Lipinski definition) is 0. The van der Waals surface area contributed by atoms with E-state index in [2.05, 4.69) is 20.9 Å². The molecule has 2 nitrogen and oxygen atoms in total. The van der Waals surface area contributed by atoms with Crippen molar-refractivity contribution in [1.82, 2.24) is 4.98 Å². The van der Waals surface area contributed by atoms with E-state index in [1.54, 1.807) is 0 Å². The first-order valence-corrected chi connectivity index (χ1v) is 5.87. The average Bonchev–Trinajstić information content (AvgIpc) is 2.16. The molecule has 78 valence electrons. The zero-order valence-corrected chi connectivity index (χ0v) is 11.0. The van der Waals surface area contributed by atoms with Crippen LogP contribution in [0, 0.1) is 3.57 Å². The van der Waals surface area contributed by atoms with Gasteiger partial charge in [-0.1, -0.05) is 15.9 Å². The van der Waals surface area contributed by atoms with Gasteiger partial charge in [0.25, 0.3) is 6.43 Å². The number of halogens is 4. The summed E-state index contributed by atoms with van der Waals surface area (Å²) in [4.78, 5) is 3.72. The van der Waals surface area contributed by atoms with E-state index in [1.165, 1.54) is 13.2 Å². The molecule has 0 aliphatic rings. The highest BCUT2D eigenvalue weighted by atomic mass is 127. The Morgan fingerprint density at radius 1 is 1.64 bits per heavy atom. The van der Waals surface area contributed by atoms with Gasteiger partial charge in [0.15, 0.2) is 0 Å². The average molecular weight is 378 g/mol. The molecule has 0 saturated carbocycles. The highest BCUT2D eigenvalue weighted by molar-refractivity contribution is 14.1. The van der Waals surface area contributed by atoms with Crippen molar-refractivity contribution >= 4 is 38.5 Å². The van der Waals surface area contributed by atoms with E-state index in [4.69, 9.17) is 4.74 Å². The molecule has 1 aromatic rings. The molecule has 0 aromatic carbocycles. The Labute approximate surface area is 102 Å². The largest absolute Gasteiger partial charge is 0.481 e. The van der Waals surface area contributed by atoms with Crippen LogP contribution in [-0.2, 0) is 5.33 Å². The summed E-state index contributed by atoms with van der Waals surface area (Å²) < 4.78 is 30.4. The van der Waals surface area contributed by atoms with E-state index >= 15 is 0 Å². The van der Waals surface area contributed by atoms with Crippen molar-refractivity contribution < 1.29 is 13.5 Å². The highest BCUT2D eigenvalue weighted by Crippen LogP contribution is 2.28. The SMILES string of the molecule is COc1nc(C(F)F)cc(I)c1CBr. The van der Waals surface area contributed by atoms with Gasteiger partial charge >= 0.3 is 0 Å². The van der Waals surface area contributed by atoms with E-state index in [-0.39, 0.29) is 11.6 Å². The lowest BCUT2D eigenvalue weighted by Crippen LogP contribution is -2.00. The Bertz CT molecular complexity index is 335. The van der Waals surface area contributed by atoms with Gasteiger partial charge in [0.2, 0.25) is 5.88 Å². The van der Waals surface area contributed by atoms with E-state index in [0.717, 1.165) is 9.13 Å². The van der Waals surface area contributed by atoms with Crippen LogP contribution in [0.25, 0.3) is 0 Å². The lowest BCUT2D eigenvalue weighted by atomic mass is 10.2.